The summed E-state index contributed by atoms with van der Waals surface area (Å²) in [5.74, 6) is -0.0304. The van der Waals surface area contributed by atoms with Crippen molar-refractivity contribution in [2.24, 2.45) is 0 Å². The molecule has 1 aromatic heterocycles. The lowest BCUT2D eigenvalue weighted by atomic mass is 10.3. The molecule has 1 aromatic rings. The maximum atomic E-state index is 12.1. The van der Waals surface area contributed by atoms with Crippen molar-refractivity contribution in [3.05, 3.63) is 4.88 Å². The molecule has 9 heteroatoms. The summed E-state index contributed by atoms with van der Waals surface area (Å²) >= 11 is 1.22. The number of anilines is 2. The van der Waals surface area contributed by atoms with Crippen LogP contribution in [0.25, 0.3) is 0 Å². The number of hydrogen-bond acceptors (Lipinski definition) is 8. The van der Waals surface area contributed by atoms with Gasteiger partial charge in [-0.05, 0) is 0 Å². The van der Waals surface area contributed by atoms with Gasteiger partial charge in [0, 0.05) is 20.2 Å². The van der Waals surface area contributed by atoms with Crippen LogP contribution in [0.5, 0.6) is 0 Å². The summed E-state index contributed by atoms with van der Waals surface area (Å²) in [5.41, 5.74) is 5.77. The van der Waals surface area contributed by atoms with E-state index in [4.69, 9.17) is 19.9 Å². The Morgan fingerprint density at radius 2 is 2.43 bits per heavy atom. The second-order valence-corrected chi connectivity index (χ2v) is 5.43. The van der Waals surface area contributed by atoms with Crippen LogP contribution in [0.15, 0.2) is 0 Å². The number of amides is 1. The quantitative estimate of drug-likeness (QED) is 0.604. The van der Waals surface area contributed by atoms with Crippen LogP contribution in [-0.4, -0.2) is 63.6 Å². The van der Waals surface area contributed by atoms with Crippen molar-refractivity contribution in [1.29, 1.82) is 0 Å². The van der Waals surface area contributed by atoms with E-state index in [0.717, 1.165) is 0 Å². The SMILES string of the molecule is COCCNc1nc(N)c(C(=O)NCC2COCCO2)s1. The highest BCUT2D eigenvalue weighted by molar-refractivity contribution is 7.18. The molecule has 0 spiro atoms. The molecule has 1 saturated heterocycles. The third-order valence-corrected chi connectivity index (χ3v) is 3.84. The van der Waals surface area contributed by atoms with Gasteiger partial charge in [0.15, 0.2) is 5.13 Å². The lowest BCUT2D eigenvalue weighted by molar-refractivity contribution is -0.0855. The first kappa shape index (κ1) is 16.0. The number of hydrogen-bond donors (Lipinski definition) is 3. The highest BCUT2D eigenvalue weighted by atomic mass is 32.1. The summed E-state index contributed by atoms with van der Waals surface area (Å²) < 4.78 is 15.7. The first-order chi connectivity index (χ1) is 10.2. The average Bonchev–Trinajstić information content (AvgIpc) is 2.87. The summed E-state index contributed by atoms with van der Waals surface area (Å²) in [6.45, 7) is 3.20. The number of ether oxygens (including phenoxy) is 3. The molecule has 118 valence electrons. The van der Waals surface area contributed by atoms with E-state index in [-0.39, 0.29) is 17.8 Å². The number of carbonyl (C=O) groups is 1. The lowest BCUT2D eigenvalue weighted by Crippen LogP contribution is -2.39. The van der Waals surface area contributed by atoms with Gasteiger partial charge in [-0.3, -0.25) is 4.79 Å². The van der Waals surface area contributed by atoms with Gasteiger partial charge >= 0.3 is 0 Å². The lowest BCUT2D eigenvalue weighted by Gasteiger charge is -2.22. The zero-order valence-corrected chi connectivity index (χ0v) is 12.7. The molecule has 1 amide bonds. The third-order valence-electron chi connectivity index (χ3n) is 2.82. The van der Waals surface area contributed by atoms with Gasteiger partial charge in [-0.2, -0.15) is 0 Å². The first-order valence-electron chi connectivity index (χ1n) is 6.67. The van der Waals surface area contributed by atoms with E-state index in [2.05, 4.69) is 15.6 Å². The smallest absolute Gasteiger partial charge is 0.265 e. The van der Waals surface area contributed by atoms with Crippen LogP contribution in [0.4, 0.5) is 10.9 Å². The molecule has 0 saturated carbocycles. The minimum atomic E-state index is -0.251. The Morgan fingerprint density at radius 1 is 1.57 bits per heavy atom. The van der Waals surface area contributed by atoms with E-state index >= 15 is 0 Å². The van der Waals surface area contributed by atoms with Crippen LogP contribution in [0.2, 0.25) is 0 Å². The number of methoxy groups -OCH3 is 1. The molecule has 0 bridgehead atoms. The summed E-state index contributed by atoms with van der Waals surface area (Å²) in [4.78, 5) is 16.6. The molecule has 0 aliphatic carbocycles. The highest BCUT2D eigenvalue weighted by Crippen LogP contribution is 2.24. The predicted octanol–water partition coefficient (Wildman–Crippen LogP) is -0.0712. The summed E-state index contributed by atoms with van der Waals surface area (Å²) in [6, 6.07) is 0. The fourth-order valence-corrected chi connectivity index (χ4v) is 2.60. The average molecular weight is 316 g/mol. The molecule has 1 atom stereocenters. The number of nitrogens with one attached hydrogen (secondary N) is 2. The Balaban J connectivity index is 1.83. The second-order valence-electron chi connectivity index (χ2n) is 4.43. The molecule has 4 N–H and O–H groups in total. The Kier molecular flexibility index (Phi) is 6.18. The Bertz CT molecular complexity index is 462. The molecule has 1 aliphatic rings. The topological polar surface area (TPSA) is 108 Å². The van der Waals surface area contributed by atoms with E-state index in [9.17, 15) is 4.79 Å². The first-order valence-corrected chi connectivity index (χ1v) is 7.49. The number of aromatic nitrogens is 1. The van der Waals surface area contributed by atoms with Crippen LogP contribution in [0, 0.1) is 0 Å². The van der Waals surface area contributed by atoms with Gasteiger partial charge in [0.25, 0.3) is 5.91 Å². The van der Waals surface area contributed by atoms with Crippen LogP contribution in [-0.2, 0) is 14.2 Å². The number of nitrogen functional groups attached to an aromatic ring is 1. The van der Waals surface area contributed by atoms with Gasteiger partial charge in [-0.1, -0.05) is 11.3 Å². The van der Waals surface area contributed by atoms with E-state index in [1.165, 1.54) is 11.3 Å². The van der Waals surface area contributed by atoms with Crippen molar-refractivity contribution in [2.75, 3.05) is 57.7 Å². The second kappa shape index (κ2) is 8.13. The zero-order valence-electron chi connectivity index (χ0n) is 11.9. The molecule has 21 heavy (non-hydrogen) atoms. The van der Waals surface area contributed by atoms with Crippen LogP contribution >= 0.6 is 11.3 Å². The zero-order chi connectivity index (χ0) is 15.1. The predicted molar refractivity (Wildman–Crippen MR) is 79.8 cm³/mol. The maximum absolute atomic E-state index is 12.1. The van der Waals surface area contributed by atoms with Crippen molar-refractivity contribution in [3.63, 3.8) is 0 Å². The molecular formula is C12H20N4O4S. The molecule has 2 heterocycles. The Hall–Kier alpha value is -1.42. The Labute approximate surface area is 127 Å². The van der Waals surface area contributed by atoms with Gasteiger partial charge < -0.3 is 30.6 Å². The maximum Gasteiger partial charge on any atom is 0.265 e. The van der Waals surface area contributed by atoms with Gasteiger partial charge in [0.2, 0.25) is 0 Å². The molecular weight excluding hydrogens is 296 g/mol. The summed E-state index contributed by atoms with van der Waals surface area (Å²) in [7, 11) is 1.62. The molecule has 0 aromatic carbocycles. The van der Waals surface area contributed by atoms with E-state index in [1.54, 1.807) is 7.11 Å². The number of thiazole rings is 1. The van der Waals surface area contributed by atoms with E-state index in [0.29, 0.717) is 49.5 Å². The summed E-state index contributed by atoms with van der Waals surface area (Å²) in [6.07, 6.45) is -0.115. The molecule has 1 unspecified atom stereocenters. The minimum Gasteiger partial charge on any atom is -0.383 e. The van der Waals surface area contributed by atoms with Crippen molar-refractivity contribution >= 4 is 28.2 Å². The van der Waals surface area contributed by atoms with Crippen molar-refractivity contribution in [1.82, 2.24) is 10.3 Å². The van der Waals surface area contributed by atoms with E-state index in [1.807, 2.05) is 0 Å². The third kappa shape index (κ3) is 4.81. The van der Waals surface area contributed by atoms with Crippen LogP contribution < -0.4 is 16.4 Å². The standard InChI is InChI=1S/C12H20N4O4S/c1-18-3-2-14-12-16-10(13)9(21-12)11(17)15-6-8-7-19-4-5-20-8/h8H,2-7,13H2,1H3,(H,14,16)(H,15,17). The fourth-order valence-electron chi connectivity index (χ4n) is 1.77. The van der Waals surface area contributed by atoms with Crippen molar-refractivity contribution in [2.45, 2.75) is 6.10 Å². The van der Waals surface area contributed by atoms with Crippen LogP contribution in [0.1, 0.15) is 9.67 Å². The fraction of sp³-hybridized carbons (Fsp3) is 0.667. The number of carbonyl (C=O) groups excluding carboxylic acids is 1. The normalized spacial score (nSPS) is 18.4. The molecule has 2 rings (SSSR count). The largest absolute Gasteiger partial charge is 0.383 e. The van der Waals surface area contributed by atoms with E-state index < -0.39 is 0 Å². The molecule has 8 nitrogen and oxygen atoms in total. The molecule has 1 fully saturated rings. The number of rotatable bonds is 7. The summed E-state index contributed by atoms with van der Waals surface area (Å²) in [5, 5.41) is 6.43. The van der Waals surface area contributed by atoms with Gasteiger partial charge in [-0.15, -0.1) is 0 Å². The number of nitrogens with two attached hydrogens (primary N) is 1. The van der Waals surface area contributed by atoms with Crippen LogP contribution in [0.3, 0.4) is 0 Å². The molecule has 0 radical (unpaired) electrons. The minimum absolute atomic E-state index is 0.115. The monoisotopic (exact) mass is 316 g/mol. The van der Waals surface area contributed by atoms with Crippen molar-refractivity contribution < 1.29 is 19.0 Å². The van der Waals surface area contributed by atoms with Gasteiger partial charge in [-0.25, -0.2) is 4.98 Å². The molecule has 1 aliphatic heterocycles. The van der Waals surface area contributed by atoms with Gasteiger partial charge in [0.1, 0.15) is 10.7 Å². The number of nitrogens with zero attached hydrogens (tertiary/aromatic N) is 1. The van der Waals surface area contributed by atoms with Crippen molar-refractivity contribution in [3.8, 4) is 0 Å². The van der Waals surface area contributed by atoms with Gasteiger partial charge in [0.05, 0.1) is 32.5 Å². The highest BCUT2D eigenvalue weighted by Gasteiger charge is 2.19. The Morgan fingerprint density at radius 3 is 3.14 bits per heavy atom.